The molecule has 0 N–H and O–H groups in total. The first kappa shape index (κ1) is 16.8. The average molecular weight is 364 g/mol. The third-order valence-corrected chi connectivity index (χ3v) is 5.30. The van der Waals surface area contributed by atoms with E-state index in [9.17, 15) is 0 Å². The van der Waals surface area contributed by atoms with Crippen molar-refractivity contribution in [3.63, 3.8) is 0 Å². The summed E-state index contributed by atoms with van der Waals surface area (Å²) in [6, 6.07) is 16.3. The number of para-hydroxylation sites is 1. The van der Waals surface area contributed by atoms with Crippen molar-refractivity contribution in [2.24, 2.45) is 5.10 Å². The first-order chi connectivity index (χ1) is 12.7. The van der Waals surface area contributed by atoms with Crippen LogP contribution >= 0.6 is 11.8 Å². The topological polar surface area (TPSA) is 52.3 Å². The lowest BCUT2D eigenvalue weighted by Gasteiger charge is -2.21. The third-order valence-electron chi connectivity index (χ3n) is 4.26. The molecule has 1 aliphatic heterocycles. The van der Waals surface area contributed by atoms with Gasteiger partial charge in [-0.2, -0.15) is 9.78 Å². The van der Waals surface area contributed by atoms with Crippen LogP contribution in [0.15, 0.2) is 58.8 Å². The van der Waals surface area contributed by atoms with E-state index in [1.54, 1.807) is 11.8 Å². The standard InChI is InChI=1S/C20H20N4OS/c1-4-25-17-8-6-5-7-16(17)18-14(3)26-20-22-21-19(24(20)23-18)15-11-9-13(2)10-12-15/h5-12,14H,4H2,1-3H3/t14-/m0/s1. The number of hydrogen-bond donors (Lipinski definition) is 0. The summed E-state index contributed by atoms with van der Waals surface area (Å²) in [5.41, 5.74) is 4.21. The van der Waals surface area contributed by atoms with Gasteiger partial charge >= 0.3 is 0 Å². The van der Waals surface area contributed by atoms with E-state index >= 15 is 0 Å². The summed E-state index contributed by atoms with van der Waals surface area (Å²) in [7, 11) is 0. The summed E-state index contributed by atoms with van der Waals surface area (Å²) in [6.07, 6.45) is 0. The highest BCUT2D eigenvalue weighted by molar-refractivity contribution is 8.00. The highest BCUT2D eigenvalue weighted by Crippen LogP contribution is 2.34. The van der Waals surface area contributed by atoms with Gasteiger partial charge in [-0.3, -0.25) is 0 Å². The Morgan fingerprint density at radius 1 is 1.08 bits per heavy atom. The molecule has 2 aromatic carbocycles. The van der Waals surface area contributed by atoms with Crippen molar-refractivity contribution in [3.05, 3.63) is 59.7 Å². The van der Waals surface area contributed by atoms with E-state index in [1.807, 2.05) is 29.8 Å². The van der Waals surface area contributed by atoms with Gasteiger partial charge in [0.25, 0.3) is 0 Å². The summed E-state index contributed by atoms with van der Waals surface area (Å²) in [6.45, 7) is 6.82. The lowest BCUT2D eigenvalue weighted by Crippen LogP contribution is -2.22. The maximum atomic E-state index is 5.81. The zero-order valence-electron chi connectivity index (χ0n) is 15.0. The number of fused-ring (bicyclic) bond motifs is 1. The van der Waals surface area contributed by atoms with E-state index in [2.05, 4.69) is 54.4 Å². The molecule has 0 bridgehead atoms. The Morgan fingerprint density at radius 3 is 2.62 bits per heavy atom. The molecule has 0 spiro atoms. The van der Waals surface area contributed by atoms with Gasteiger partial charge < -0.3 is 4.74 Å². The molecule has 4 rings (SSSR count). The van der Waals surface area contributed by atoms with Crippen LogP contribution in [0.25, 0.3) is 11.4 Å². The number of hydrogen-bond acceptors (Lipinski definition) is 5. The fraction of sp³-hybridized carbons (Fsp3) is 0.250. The largest absolute Gasteiger partial charge is 0.493 e. The number of nitrogens with zero attached hydrogens (tertiary/aromatic N) is 4. The van der Waals surface area contributed by atoms with Crippen LogP contribution in [0.5, 0.6) is 5.75 Å². The summed E-state index contributed by atoms with van der Waals surface area (Å²) in [5, 5.41) is 14.6. The van der Waals surface area contributed by atoms with Crippen LogP contribution in [-0.4, -0.2) is 32.4 Å². The lowest BCUT2D eigenvalue weighted by atomic mass is 10.1. The summed E-state index contributed by atoms with van der Waals surface area (Å²) in [4.78, 5) is 0. The Morgan fingerprint density at radius 2 is 1.85 bits per heavy atom. The summed E-state index contributed by atoms with van der Waals surface area (Å²) >= 11 is 1.66. The zero-order valence-corrected chi connectivity index (χ0v) is 15.8. The van der Waals surface area contributed by atoms with Crippen molar-refractivity contribution in [2.45, 2.75) is 31.2 Å². The van der Waals surface area contributed by atoms with Gasteiger partial charge in [0.05, 0.1) is 17.6 Å². The minimum Gasteiger partial charge on any atom is -0.493 e. The predicted molar refractivity (Wildman–Crippen MR) is 105 cm³/mol. The van der Waals surface area contributed by atoms with Gasteiger partial charge in [0.15, 0.2) is 5.82 Å². The summed E-state index contributed by atoms with van der Waals surface area (Å²) in [5.74, 6) is 1.61. The minimum atomic E-state index is 0.166. The molecule has 1 aliphatic rings. The van der Waals surface area contributed by atoms with Gasteiger partial charge in [-0.05, 0) is 32.9 Å². The second kappa shape index (κ2) is 6.96. The number of thioether (sulfide) groups is 1. The second-order valence-electron chi connectivity index (χ2n) is 6.16. The van der Waals surface area contributed by atoms with Crippen molar-refractivity contribution >= 4 is 17.5 Å². The Labute approximate surface area is 157 Å². The number of aryl methyl sites for hydroxylation is 1. The number of benzene rings is 2. The van der Waals surface area contributed by atoms with Crippen LogP contribution in [0.4, 0.5) is 0 Å². The van der Waals surface area contributed by atoms with Crippen molar-refractivity contribution in [1.82, 2.24) is 14.9 Å². The molecule has 2 heterocycles. The van der Waals surface area contributed by atoms with Gasteiger partial charge in [0, 0.05) is 11.1 Å². The number of rotatable bonds is 4. The van der Waals surface area contributed by atoms with Crippen LogP contribution in [0.3, 0.4) is 0 Å². The van der Waals surface area contributed by atoms with Crippen molar-refractivity contribution < 1.29 is 4.74 Å². The molecule has 3 aromatic rings. The molecule has 26 heavy (non-hydrogen) atoms. The summed E-state index contributed by atoms with van der Waals surface area (Å²) < 4.78 is 7.65. The van der Waals surface area contributed by atoms with Gasteiger partial charge in [-0.1, -0.05) is 53.7 Å². The van der Waals surface area contributed by atoms with E-state index in [1.165, 1.54) is 5.56 Å². The maximum absolute atomic E-state index is 5.81. The molecular formula is C20H20N4OS. The molecule has 1 atom stereocenters. The molecule has 0 saturated heterocycles. The highest BCUT2D eigenvalue weighted by Gasteiger charge is 2.27. The molecule has 5 nitrogen and oxygen atoms in total. The fourth-order valence-electron chi connectivity index (χ4n) is 2.95. The van der Waals surface area contributed by atoms with Crippen LogP contribution in [0, 0.1) is 6.92 Å². The van der Waals surface area contributed by atoms with Crippen molar-refractivity contribution in [3.8, 4) is 17.1 Å². The van der Waals surface area contributed by atoms with Crippen LogP contribution in [0.1, 0.15) is 25.0 Å². The first-order valence-corrected chi connectivity index (χ1v) is 9.55. The van der Waals surface area contributed by atoms with Gasteiger partial charge in [-0.25, -0.2) is 0 Å². The Hall–Kier alpha value is -2.60. The minimum absolute atomic E-state index is 0.166. The Kier molecular flexibility index (Phi) is 4.51. The van der Waals surface area contributed by atoms with E-state index in [0.29, 0.717) is 6.61 Å². The molecule has 0 amide bonds. The molecule has 6 heteroatoms. The predicted octanol–water partition coefficient (Wildman–Crippen LogP) is 4.40. The van der Waals surface area contributed by atoms with E-state index in [0.717, 1.165) is 33.6 Å². The van der Waals surface area contributed by atoms with E-state index in [4.69, 9.17) is 9.84 Å². The molecule has 0 fully saturated rings. The molecule has 0 aliphatic carbocycles. The normalized spacial score (nSPS) is 16.1. The monoisotopic (exact) mass is 364 g/mol. The van der Waals surface area contributed by atoms with E-state index < -0.39 is 0 Å². The maximum Gasteiger partial charge on any atom is 0.213 e. The van der Waals surface area contributed by atoms with Crippen molar-refractivity contribution in [2.75, 3.05) is 6.61 Å². The smallest absolute Gasteiger partial charge is 0.213 e. The van der Waals surface area contributed by atoms with Crippen LogP contribution in [0.2, 0.25) is 0 Å². The Balaban J connectivity index is 1.82. The quantitative estimate of drug-likeness (QED) is 0.688. The van der Waals surface area contributed by atoms with Gasteiger partial charge in [0.1, 0.15) is 5.75 Å². The number of ether oxygens (including phenoxy) is 1. The average Bonchev–Trinajstić information content (AvgIpc) is 3.05. The molecule has 132 valence electrons. The molecule has 0 unspecified atom stereocenters. The SMILES string of the molecule is CCOc1ccccc1C1=Nn2c(nnc2-c2ccc(C)cc2)S[C@H]1C. The Bertz CT molecular complexity index is 962. The fourth-order valence-corrected chi connectivity index (χ4v) is 3.86. The van der Waals surface area contributed by atoms with E-state index in [-0.39, 0.29) is 5.25 Å². The van der Waals surface area contributed by atoms with Crippen LogP contribution < -0.4 is 4.74 Å². The zero-order chi connectivity index (χ0) is 18.1. The van der Waals surface area contributed by atoms with Gasteiger partial charge in [-0.15, -0.1) is 10.2 Å². The number of aromatic nitrogens is 3. The highest BCUT2D eigenvalue weighted by atomic mass is 32.2. The van der Waals surface area contributed by atoms with Crippen LogP contribution in [-0.2, 0) is 0 Å². The van der Waals surface area contributed by atoms with Gasteiger partial charge in [0.2, 0.25) is 5.16 Å². The lowest BCUT2D eigenvalue weighted by molar-refractivity contribution is 0.339. The van der Waals surface area contributed by atoms with Crippen molar-refractivity contribution in [1.29, 1.82) is 0 Å². The molecule has 1 aromatic heterocycles. The first-order valence-electron chi connectivity index (χ1n) is 8.67. The second-order valence-corrected chi connectivity index (χ2v) is 7.47. The molecule has 0 radical (unpaired) electrons. The molecular weight excluding hydrogens is 344 g/mol. The third kappa shape index (κ3) is 3.01. The molecule has 0 saturated carbocycles.